The Bertz CT molecular complexity index is 615. The molecule has 3 rings (SSSR count). The molecule has 1 atom stereocenters. The third-order valence-corrected chi connectivity index (χ3v) is 3.73. The minimum Gasteiger partial charge on any atom is -0.444 e. The molecule has 1 aromatic heterocycles. The van der Waals surface area contributed by atoms with Gasteiger partial charge in [-0.3, -0.25) is 4.79 Å². The van der Waals surface area contributed by atoms with Crippen molar-refractivity contribution in [2.75, 3.05) is 19.6 Å². The molecule has 1 fully saturated rings. The Labute approximate surface area is 136 Å². The van der Waals surface area contributed by atoms with Gasteiger partial charge < -0.3 is 14.6 Å². The number of hydrogen-bond acceptors (Lipinski definition) is 4. The SMILES string of the molecule is C[C@@H]1CNCCN1C(=O)Cc1coc(-c2ccccc2)n1.Cl. The number of nitrogens with zero attached hydrogens (tertiary/aromatic N) is 2. The maximum absolute atomic E-state index is 12.3. The van der Waals surface area contributed by atoms with Gasteiger partial charge in [0.2, 0.25) is 11.8 Å². The second kappa shape index (κ2) is 7.42. The molecule has 1 aliphatic rings. The quantitative estimate of drug-likeness (QED) is 0.941. The van der Waals surface area contributed by atoms with Gasteiger partial charge in [0.15, 0.2) is 0 Å². The number of aromatic nitrogens is 1. The van der Waals surface area contributed by atoms with Crippen LogP contribution < -0.4 is 5.32 Å². The zero-order valence-electron chi connectivity index (χ0n) is 12.5. The van der Waals surface area contributed by atoms with E-state index in [-0.39, 0.29) is 24.4 Å². The standard InChI is InChI=1S/C16H19N3O2.ClH/c1-12-10-17-7-8-19(12)15(20)9-14-11-21-16(18-14)13-5-3-2-4-6-13;/h2-6,11-12,17H,7-10H2,1H3;1H/t12-;/m1./s1. The Morgan fingerprint density at radius 3 is 2.91 bits per heavy atom. The Morgan fingerprint density at radius 2 is 2.18 bits per heavy atom. The van der Waals surface area contributed by atoms with E-state index in [9.17, 15) is 4.79 Å². The second-order valence-electron chi connectivity index (χ2n) is 5.33. The molecule has 0 bridgehead atoms. The molecule has 1 aliphatic heterocycles. The van der Waals surface area contributed by atoms with E-state index in [4.69, 9.17) is 4.42 Å². The van der Waals surface area contributed by atoms with E-state index in [1.807, 2.05) is 35.2 Å². The lowest BCUT2D eigenvalue weighted by molar-refractivity contribution is -0.133. The van der Waals surface area contributed by atoms with Crippen LogP contribution in [0.15, 0.2) is 41.0 Å². The van der Waals surface area contributed by atoms with Gasteiger partial charge in [-0.2, -0.15) is 0 Å². The van der Waals surface area contributed by atoms with Crippen LogP contribution in [0.4, 0.5) is 0 Å². The van der Waals surface area contributed by atoms with E-state index in [1.54, 1.807) is 6.26 Å². The van der Waals surface area contributed by atoms with Crippen molar-refractivity contribution < 1.29 is 9.21 Å². The lowest BCUT2D eigenvalue weighted by Crippen LogP contribution is -2.52. The van der Waals surface area contributed by atoms with Gasteiger partial charge in [0.1, 0.15) is 6.26 Å². The first-order valence-corrected chi connectivity index (χ1v) is 7.24. The first-order valence-electron chi connectivity index (χ1n) is 7.24. The van der Waals surface area contributed by atoms with E-state index >= 15 is 0 Å². The van der Waals surface area contributed by atoms with E-state index in [2.05, 4.69) is 17.2 Å². The molecule has 22 heavy (non-hydrogen) atoms. The highest BCUT2D eigenvalue weighted by Gasteiger charge is 2.23. The van der Waals surface area contributed by atoms with Crippen LogP contribution in [-0.2, 0) is 11.2 Å². The van der Waals surface area contributed by atoms with E-state index < -0.39 is 0 Å². The predicted molar refractivity (Wildman–Crippen MR) is 86.9 cm³/mol. The fourth-order valence-electron chi connectivity index (χ4n) is 2.57. The summed E-state index contributed by atoms with van der Waals surface area (Å²) in [5.74, 6) is 0.670. The van der Waals surface area contributed by atoms with E-state index in [1.165, 1.54) is 0 Å². The number of carbonyl (C=O) groups excluding carboxylic acids is 1. The number of benzene rings is 1. The van der Waals surface area contributed by atoms with E-state index in [0.717, 1.165) is 25.2 Å². The maximum atomic E-state index is 12.3. The smallest absolute Gasteiger partial charge is 0.229 e. The molecular weight excluding hydrogens is 302 g/mol. The molecule has 2 heterocycles. The molecule has 1 aromatic carbocycles. The highest BCUT2D eigenvalue weighted by molar-refractivity contribution is 5.85. The monoisotopic (exact) mass is 321 g/mol. The van der Waals surface area contributed by atoms with Gasteiger partial charge in [0.05, 0.1) is 12.1 Å². The Hall–Kier alpha value is -1.85. The van der Waals surface area contributed by atoms with Gasteiger partial charge in [-0.1, -0.05) is 18.2 Å². The molecular formula is C16H20ClN3O2. The number of amides is 1. The molecule has 0 unspecified atom stereocenters. The van der Waals surface area contributed by atoms with Gasteiger partial charge in [0.25, 0.3) is 0 Å². The minimum atomic E-state index is 0. The van der Waals surface area contributed by atoms with Crippen LogP contribution in [0.1, 0.15) is 12.6 Å². The fourth-order valence-corrected chi connectivity index (χ4v) is 2.57. The second-order valence-corrected chi connectivity index (χ2v) is 5.33. The number of carbonyl (C=O) groups is 1. The van der Waals surface area contributed by atoms with Gasteiger partial charge >= 0.3 is 0 Å². The summed E-state index contributed by atoms with van der Waals surface area (Å²) in [5.41, 5.74) is 1.61. The summed E-state index contributed by atoms with van der Waals surface area (Å²) in [5, 5.41) is 3.28. The first kappa shape index (κ1) is 16.5. The van der Waals surface area contributed by atoms with Crippen molar-refractivity contribution in [3.8, 4) is 11.5 Å². The Balaban J connectivity index is 0.00000176. The fraction of sp³-hybridized carbons (Fsp3) is 0.375. The average Bonchev–Trinajstić information content (AvgIpc) is 2.97. The number of piperazine rings is 1. The van der Waals surface area contributed by atoms with Gasteiger partial charge in [-0.25, -0.2) is 4.98 Å². The zero-order valence-corrected chi connectivity index (χ0v) is 13.3. The van der Waals surface area contributed by atoms with Crippen molar-refractivity contribution in [2.24, 2.45) is 0 Å². The van der Waals surface area contributed by atoms with Gasteiger partial charge in [-0.15, -0.1) is 12.4 Å². The summed E-state index contributed by atoms with van der Waals surface area (Å²) in [7, 11) is 0. The van der Waals surface area contributed by atoms with Crippen molar-refractivity contribution >= 4 is 18.3 Å². The summed E-state index contributed by atoms with van der Waals surface area (Å²) < 4.78 is 5.47. The van der Waals surface area contributed by atoms with Crippen LogP contribution in [-0.4, -0.2) is 41.5 Å². The number of oxazole rings is 1. The summed E-state index contributed by atoms with van der Waals surface area (Å²) in [6, 6.07) is 9.93. The minimum absolute atomic E-state index is 0. The van der Waals surface area contributed by atoms with Crippen molar-refractivity contribution in [1.82, 2.24) is 15.2 Å². The van der Waals surface area contributed by atoms with Crippen LogP contribution >= 0.6 is 12.4 Å². The Kier molecular flexibility index (Phi) is 5.57. The summed E-state index contributed by atoms with van der Waals surface area (Å²) in [6.45, 7) is 4.51. The van der Waals surface area contributed by atoms with Crippen molar-refractivity contribution in [3.63, 3.8) is 0 Å². The molecule has 5 nitrogen and oxygen atoms in total. The molecule has 0 aliphatic carbocycles. The molecule has 0 spiro atoms. The summed E-state index contributed by atoms with van der Waals surface area (Å²) in [6.07, 6.45) is 1.87. The van der Waals surface area contributed by atoms with Crippen LogP contribution in [0, 0.1) is 0 Å². The topological polar surface area (TPSA) is 58.4 Å². The Morgan fingerprint density at radius 1 is 1.41 bits per heavy atom. The predicted octanol–water partition coefficient (Wildman–Crippen LogP) is 2.13. The van der Waals surface area contributed by atoms with Crippen molar-refractivity contribution in [3.05, 3.63) is 42.3 Å². The molecule has 118 valence electrons. The highest BCUT2D eigenvalue weighted by atomic mass is 35.5. The molecule has 0 saturated carbocycles. The summed E-state index contributed by atoms with van der Waals surface area (Å²) >= 11 is 0. The van der Waals surface area contributed by atoms with E-state index in [0.29, 0.717) is 18.0 Å². The normalized spacial score (nSPS) is 17.9. The largest absolute Gasteiger partial charge is 0.444 e. The lowest BCUT2D eigenvalue weighted by Gasteiger charge is -2.33. The van der Waals surface area contributed by atoms with Gasteiger partial charge in [-0.05, 0) is 19.1 Å². The lowest BCUT2D eigenvalue weighted by atomic mass is 10.2. The molecule has 6 heteroatoms. The van der Waals surface area contributed by atoms with Crippen LogP contribution in [0.3, 0.4) is 0 Å². The third kappa shape index (κ3) is 3.67. The number of halogens is 1. The molecule has 2 aromatic rings. The highest BCUT2D eigenvalue weighted by Crippen LogP contribution is 2.18. The maximum Gasteiger partial charge on any atom is 0.229 e. The van der Waals surface area contributed by atoms with Crippen LogP contribution in [0.5, 0.6) is 0 Å². The first-order chi connectivity index (χ1) is 10.2. The van der Waals surface area contributed by atoms with Crippen LogP contribution in [0.2, 0.25) is 0 Å². The summed E-state index contributed by atoms with van der Waals surface area (Å²) in [4.78, 5) is 18.7. The molecule has 1 N–H and O–H groups in total. The number of nitrogens with one attached hydrogen (secondary N) is 1. The van der Waals surface area contributed by atoms with Crippen molar-refractivity contribution in [1.29, 1.82) is 0 Å². The molecule has 0 radical (unpaired) electrons. The van der Waals surface area contributed by atoms with Gasteiger partial charge in [0, 0.05) is 31.2 Å². The number of rotatable bonds is 3. The third-order valence-electron chi connectivity index (χ3n) is 3.73. The van der Waals surface area contributed by atoms with Crippen molar-refractivity contribution in [2.45, 2.75) is 19.4 Å². The van der Waals surface area contributed by atoms with Crippen LogP contribution in [0.25, 0.3) is 11.5 Å². The molecule has 1 saturated heterocycles. The molecule has 1 amide bonds. The number of hydrogen-bond donors (Lipinski definition) is 1. The average molecular weight is 322 g/mol. The zero-order chi connectivity index (χ0) is 14.7.